The minimum atomic E-state index is 0.128. The van der Waals surface area contributed by atoms with Crippen LogP contribution in [0.4, 0.5) is 5.82 Å². The van der Waals surface area contributed by atoms with Gasteiger partial charge in [0.15, 0.2) is 11.0 Å². The zero-order valence-corrected chi connectivity index (χ0v) is 11.1. The van der Waals surface area contributed by atoms with Crippen LogP contribution in [0.5, 0.6) is 0 Å². The van der Waals surface area contributed by atoms with Crippen molar-refractivity contribution in [1.29, 1.82) is 0 Å². The van der Waals surface area contributed by atoms with E-state index in [2.05, 4.69) is 20.1 Å². The van der Waals surface area contributed by atoms with Crippen LogP contribution in [0.3, 0.4) is 0 Å². The highest BCUT2D eigenvalue weighted by Crippen LogP contribution is 2.26. The number of methoxy groups -OCH3 is 1. The molecule has 0 aromatic carbocycles. The maximum Gasteiger partial charge on any atom is 0.245 e. The van der Waals surface area contributed by atoms with Gasteiger partial charge in [-0.05, 0) is 30.4 Å². The first-order chi connectivity index (χ1) is 8.20. The van der Waals surface area contributed by atoms with Gasteiger partial charge in [0.2, 0.25) is 5.28 Å². The van der Waals surface area contributed by atoms with Crippen molar-refractivity contribution in [3.05, 3.63) is 10.4 Å². The van der Waals surface area contributed by atoms with E-state index in [9.17, 15) is 0 Å². The van der Waals surface area contributed by atoms with Crippen molar-refractivity contribution in [2.75, 3.05) is 31.7 Å². The molecular formula is C10H14Cl2N4O. The predicted molar refractivity (Wildman–Crippen MR) is 66.7 cm³/mol. The van der Waals surface area contributed by atoms with Crippen LogP contribution in [-0.2, 0) is 4.74 Å². The lowest BCUT2D eigenvalue weighted by molar-refractivity contribution is 0.139. The summed E-state index contributed by atoms with van der Waals surface area (Å²) in [5.74, 6) is 1.24. The Bertz CT molecular complexity index is 383. The van der Waals surface area contributed by atoms with Gasteiger partial charge in [0, 0.05) is 26.8 Å². The highest BCUT2D eigenvalue weighted by molar-refractivity contribution is 6.32. The number of ether oxygens (including phenoxy) is 1. The molecule has 0 N–H and O–H groups in total. The number of anilines is 1. The molecule has 1 aromatic rings. The van der Waals surface area contributed by atoms with E-state index in [1.807, 2.05) is 0 Å². The van der Waals surface area contributed by atoms with Crippen molar-refractivity contribution in [3.63, 3.8) is 0 Å². The molecule has 0 saturated carbocycles. The fraction of sp³-hybridized carbons (Fsp3) is 0.700. The summed E-state index contributed by atoms with van der Waals surface area (Å²) in [7, 11) is 1.73. The van der Waals surface area contributed by atoms with Crippen LogP contribution in [0.2, 0.25) is 10.4 Å². The molecule has 1 aliphatic rings. The molecule has 1 fully saturated rings. The van der Waals surface area contributed by atoms with Gasteiger partial charge < -0.3 is 9.64 Å². The maximum atomic E-state index is 5.97. The van der Waals surface area contributed by atoms with Crippen LogP contribution in [0, 0.1) is 5.92 Å². The van der Waals surface area contributed by atoms with Crippen LogP contribution in [0.15, 0.2) is 0 Å². The predicted octanol–water partition coefficient (Wildman–Crippen LogP) is 2.04. The van der Waals surface area contributed by atoms with Crippen LogP contribution in [0.25, 0.3) is 0 Å². The third-order valence-corrected chi connectivity index (χ3v) is 3.32. The van der Waals surface area contributed by atoms with Gasteiger partial charge in [-0.2, -0.15) is 4.98 Å². The van der Waals surface area contributed by atoms with E-state index in [0.717, 1.165) is 32.5 Å². The standard InChI is InChI=1S/C10H14Cl2N4O/c1-17-6-7-2-4-16(5-3-7)9-8(11)14-15-10(12)13-9/h7H,2-6H2,1H3. The number of nitrogens with zero attached hydrogens (tertiary/aromatic N) is 4. The molecule has 0 bridgehead atoms. The molecule has 7 heteroatoms. The monoisotopic (exact) mass is 276 g/mol. The molecular weight excluding hydrogens is 263 g/mol. The van der Waals surface area contributed by atoms with E-state index >= 15 is 0 Å². The van der Waals surface area contributed by atoms with Crippen LogP contribution >= 0.6 is 23.2 Å². The first kappa shape index (κ1) is 12.8. The third-order valence-electron chi connectivity index (χ3n) is 2.92. The molecule has 2 heterocycles. The Balaban J connectivity index is 2.02. The molecule has 0 spiro atoms. The second kappa shape index (κ2) is 5.80. The summed E-state index contributed by atoms with van der Waals surface area (Å²) in [4.78, 5) is 6.21. The third kappa shape index (κ3) is 3.18. The van der Waals surface area contributed by atoms with E-state index in [0.29, 0.717) is 16.9 Å². The van der Waals surface area contributed by atoms with Crippen molar-refractivity contribution in [3.8, 4) is 0 Å². The van der Waals surface area contributed by atoms with Crippen LogP contribution in [0.1, 0.15) is 12.8 Å². The highest BCUT2D eigenvalue weighted by atomic mass is 35.5. The minimum absolute atomic E-state index is 0.128. The van der Waals surface area contributed by atoms with Gasteiger partial charge in [0.1, 0.15) is 0 Å². The fourth-order valence-electron chi connectivity index (χ4n) is 2.03. The summed E-state index contributed by atoms with van der Waals surface area (Å²) < 4.78 is 5.16. The molecule has 2 rings (SSSR count). The zero-order valence-electron chi connectivity index (χ0n) is 9.57. The summed E-state index contributed by atoms with van der Waals surface area (Å²) in [6.07, 6.45) is 2.12. The largest absolute Gasteiger partial charge is 0.384 e. The lowest BCUT2D eigenvalue weighted by Gasteiger charge is -2.32. The van der Waals surface area contributed by atoms with E-state index in [-0.39, 0.29) is 5.28 Å². The molecule has 1 aromatic heterocycles. The van der Waals surface area contributed by atoms with E-state index in [4.69, 9.17) is 27.9 Å². The smallest absolute Gasteiger partial charge is 0.245 e. The van der Waals surface area contributed by atoms with Crippen LogP contribution in [-0.4, -0.2) is 42.0 Å². The number of piperidine rings is 1. The summed E-state index contributed by atoms with van der Waals surface area (Å²) in [5.41, 5.74) is 0. The van der Waals surface area contributed by atoms with Gasteiger partial charge in [0.25, 0.3) is 0 Å². The Morgan fingerprint density at radius 3 is 2.65 bits per heavy atom. The molecule has 0 unspecified atom stereocenters. The van der Waals surface area contributed by atoms with Gasteiger partial charge in [0.05, 0.1) is 0 Å². The van der Waals surface area contributed by atoms with Crippen molar-refractivity contribution < 1.29 is 4.74 Å². The average molecular weight is 277 g/mol. The summed E-state index contributed by atoms with van der Waals surface area (Å²) in [5, 5.41) is 7.80. The Labute approximate surface area is 110 Å². The molecule has 0 amide bonds. The molecule has 0 radical (unpaired) electrons. The maximum absolute atomic E-state index is 5.97. The Morgan fingerprint density at radius 2 is 2.00 bits per heavy atom. The van der Waals surface area contributed by atoms with Gasteiger partial charge in [-0.15, -0.1) is 10.2 Å². The molecule has 5 nitrogen and oxygen atoms in total. The Kier molecular flexibility index (Phi) is 4.36. The molecule has 1 saturated heterocycles. The topological polar surface area (TPSA) is 51.1 Å². The summed E-state index contributed by atoms with van der Waals surface area (Å²) >= 11 is 11.7. The fourth-order valence-corrected chi connectivity index (χ4v) is 2.35. The van der Waals surface area contributed by atoms with Gasteiger partial charge in [-0.3, -0.25) is 0 Å². The highest BCUT2D eigenvalue weighted by Gasteiger charge is 2.22. The molecule has 94 valence electrons. The lowest BCUT2D eigenvalue weighted by atomic mass is 9.98. The zero-order chi connectivity index (χ0) is 12.3. The molecule has 1 aliphatic heterocycles. The van der Waals surface area contributed by atoms with Crippen molar-refractivity contribution in [1.82, 2.24) is 15.2 Å². The number of hydrogen-bond acceptors (Lipinski definition) is 5. The second-order valence-electron chi connectivity index (χ2n) is 4.08. The number of hydrogen-bond donors (Lipinski definition) is 0. The van der Waals surface area contributed by atoms with Crippen molar-refractivity contribution in [2.45, 2.75) is 12.8 Å². The van der Waals surface area contributed by atoms with Gasteiger partial charge in [-0.25, -0.2) is 0 Å². The summed E-state index contributed by atoms with van der Waals surface area (Å²) in [6.45, 7) is 2.59. The van der Waals surface area contributed by atoms with Crippen molar-refractivity contribution >= 4 is 29.0 Å². The van der Waals surface area contributed by atoms with E-state index in [1.165, 1.54) is 0 Å². The first-order valence-corrected chi connectivity index (χ1v) is 6.26. The lowest BCUT2D eigenvalue weighted by Crippen LogP contribution is -2.35. The number of rotatable bonds is 3. The molecule has 17 heavy (non-hydrogen) atoms. The normalized spacial score (nSPS) is 17.5. The Hall–Kier alpha value is -0.650. The number of halogens is 2. The quantitative estimate of drug-likeness (QED) is 0.846. The average Bonchev–Trinajstić information content (AvgIpc) is 2.34. The van der Waals surface area contributed by atoms with Crippen LogP contribution < -0.4 is 4.90 Å². The van der Waals surface area contributed by atoms with E-state index in [1.54, 1.807) is 7.11 Å². The molecule has 0 atom stereocenters. The van der Waals surface area contributed by atoms with E-state index < -0.39 is 0 Å². The SMILES string of the molecule is COCC1CCN(c2nc(Cl)nnc2Cl)CC1. The summed E-state index contributed by atoms with van der Waals surface area (Å²) in [6, 6.07) is 0. The second-order valence-corrected chi connectivity index (χ2v) is 4.78. The van der Waals surface area contributed by atoms with Crippen molar-refractivity contribution in [2.24, 2.45) is 5.92 Å². The van der Waals surface area contributed by atoms with Gasteiger partial charge >= 0.3 is 0 Å². The first-order valence-electron chi connectivity index (χ1n) is 5.50. The Morgan fingerprint density at radius 1 is 1.29 bits per heavy atom. The minimum Gasteiger partial charge on any atom is -0.384 e. The van der Waals surface area contributed by atoms with Gasteiger partial charge in [-0.1, -0.05) is 11.6 Å². The molecule has 0 aliphatic carbocycles. The number of aromatic nitrogens is 3.